The summed E-state index contributed by atoms with van der Waals surface area (Å²) >= 11 is 1.73. The maximum atomic E-state index is 4.40. The first-order chi connectivity index (χ1) is 8.88. The third-order valence-electron chi connectivity index (χ3n) is 2.49. The van der Waals surface area contributed by atoms with E-state index in [-0.39, 0.29) is 0 Å². The highest BCUT2D eigenvalue weighted by atomic mass is 32.1. The first kappa shape index (κ1) is 12.8. The van der Waals surface area contributed by atoms with Crippen LogP contribution in [0.2, 0.25) is 0 Å². The van der Waals surface area contributed by atoms with Crippen molar-refractivity contribution in [3.05, 3.63) is 34.7 Å². The van der Waals surface area contributed by atoms with Crippen molar-refractivity contribution in [2.75, 3.05) is 23.7 Å². The second kappa shape index (κ2) is 6.96. The van der Waals surface area contributed by atoms with E-state index in [9.17, 15) is 0 Å². The highest BCUT2D eigenvalue weighted by Crippen LogP contribution is 2.08. The molecule has 0 radical (unpaired) electrons. The van der Waals surface area contributed by atoms with E-state index in [0.29, 0.717) is 5.95 Å². The SMILES string of the molecule is CCCNc1nccc(NCCc2ccsc2)n1. The van der Waals surface area contributed by atoms with Gasteiger partial charge in [0.15, 0.2) is 0 Å². The maximum Gasteiger partial charge on any atom is 0.224 e. The lowest BCUT2D eigenvalue weighted by atomic mass is 10.2. The third-order valence-corrected chi connectivity index (χ3v) is 3.22. The molecule has 2 heterocycles. The number of nitrogens with one attached hydrogen (secondary N) is 2. The lowest BCUT2D eigenvalue weighted by Crippen LogP contribution is -2.09. The van der Waals surface area contributed by atoms with E-state index in [2.05, 4.69) is 44.4 Å². The zero-order valence-electron chi connectivity index (χ0n) is 10.5. The summed E-state index contributed by atoms with van der Waals surface area (Å²) in [6.45, 7) is 3.91. The van der Waals surface area contributed by atoms with Gasteiger partial charge >= 0.3 is 0 Å². The highest BCUT2D eigenvalue weighted by molar-refractivity contribution is 7.07. The minimum Gasteiger partial charge on any atom is -0.370 e. The van der Waals surface area contributed by atoms with Crippen molar-refractivity contribution in [3.8, 4) is 0 Å². The summed E-state index contributed by atoms with van der Waals surface area (Å²) in [5.74, 6) is 1.57. The van der Waals surface area contributed by atoms with E-state index < -0.39 is 0 Å². The molecule has 2 aromatic rings. The summed E-state index contributed by atoms with van der Waals surface area (Å²) in [6, 6.07) is 4.05. The lowest BCUT2D eigenvalue weighted by Gasteiger charge is -2.07. The van der Waals surface area contributed by atoms with Crippen molar-refractivity contribution in [2.24, 2.45) is 0 Å². The predicted molar refractivity (Wildman–Crippen MR) is 77.3 cm³/mol. The quantitative estimate of drug-likeness (QED) is 0.805. The molecule has 0 aliphatic rings. The van der Waals surface area contributed by atoms with Crippen LogP contribution in [0.3, 0.4) is 0 Å². The molecule has 2 aromatic heterocycles. The summed E-state index contributed by atoms with van der Waals surface area (Å²) in [5, 5.41) is 10.8. The van der Waals surface area contributed by atoms with Crippen molar-refractivity contribution in [1.29, 1.82) is 0 Å². The van der Waals surface area contributed by atoms with Crippen LogP contribution in [0.25, 0.3) is 0 Å². The third kappa shape index (κ3) is 4.00. The Morgan fingerprint density at radius 3 is 2.94 bits per heavy atom. The van der Waals surface area contributed by atoms with Crippen LogP contribution >= 0.6 is 11.3 Å². The number of aromatic nitrogens is 2. The Kier molecular flexibility index (Phi) is 4.96. The molecule has 0 unspecified atom stereocenters. The van der Waals surface area contributed by atoms with Crippen LogP contribution in [-0.4, -0.2) is 23.1 Å². The average molecular weight is 262 g/mol. The largest absolute Gasteiger partial charge is 0.370 e. The fourth-order valence-corrected chi connectivity index (χ4v) is 2.25. The maximum absolute atomic E-state index is 4.40. The van der Waals surface area contributed by atoms with Crippen LogP contribution in [0.15, 0.2) is 29.1 Å². The van der Waals surface area contributed by atoms with Crippen molar-refractivity contribution >= 4 is 23.1 Å². The number of thiophene rings is 1. The molecular formula is C13H18N4S. The van der Waals surface area contributed by atoms with E-state index in [1.165, 1.54) is 5.56 Å². The van der Waals surface area contributed by atoms with E-state index in [1.54, 1.807) is 17.5 Å². The van der Waals surface area contributed by atoms with Gasteiger partial charge in [-0.1, -0.05) is 6.92 Å². The Morgan fingerprint density at radius 2 is 2.17 bits per heavy atom. The monoisotopic (exact) mass is 262 g/mol. The van der Waals surface area contributed by atoms with Crippen LogP contribution in [-0.2, 0) is 6.42 Å². The topological polar surface area (TPSA) is 49.8 Å². The van der Waals surface area contributed by atoms with Gasteiger partial charge in [0.1, 0.15) is 5.82 Å². The molecule has 96 valence electrons. The van der Waals surface area contributed by atoms with E-state index in [4.69, 9.17) is 0 Å². The van der Waals surface area contributed by atoms with Gasteiger partial charge in [0, 0.05) is 19.3 Å². The molecule has 0 aliphatic carbocycles. The molecular weight excluding hydrogens is 244 g/mol. The Morgan fingerprint density at radius 1 is 1.22 bits per heavy atom. The van der Waals surface area contributed by atoms with Gasteiger partial charge in [-0.2, -0.15) is 16.3 Å². The van der Waals surface area contributed by atoms with Crippen LogP contribution < -0.4 is 10.6 Å². The van der Waals surface area contributed by atoms with Gasteiger partial charge in [-0.05, 0) is 41.3 Å². The zero-order valence-corrected chi connectivity index (χ0v) is 11.3. The number of hydrogen-bond donors (Lipinski definition) is 2. The number of hydrogen-bond acceptors (Lipinski definition) is 5. The number of anilines is 2. The minimum absolute atomic E-state index is 0.692. The molecule has 0 spiro atoms. The molecule has 0 bridgehead atoms. The molecule has 4 nitrogen and oxygen atoms in total. The van der Waals surface area contributed by atoms with E-state index in [1.807, 2.05) is 6.07 Å². The average Bonchev–Trinajstić information content (AvgIpc) is 2.90. The fourth-order valence-electron chi connectivity index (χ4n) is 1.55. The first-order valence-electron chi connectivity index (χ1n) is 6.20. The summed E-state index contributed by atoms with van der Waals surface area (Å²) in [5.41, 5.74) is 1.37. The molecule has 0 atom stereocenters. The molecule has 0 fully saturated rings. The van der Waals surface area contributed by atoms with Crippen LogP contribution in [0.5, 0.6) is 0 Å². The van der Waals surface area contributed by atoms with Gasteiger partial charge in [0.25, 0.3) is 0 Å². The highest BCUT2D eigenvalue weighted by Gasteiger charge is 1.98. The second-order valence-corrected chi connectivity index (χ2v) is 4.78. The predicted octanol–water partition coefficient (Wildman–Crippen LogP) is 3.01. The minimum atomic E-state index is 0.692. The molecule has 18 heavy (non-hydrogen) atoms. The summed E-state index contributed by atoms with van der Waals surface area (Å²) in [7, 11) is 0. The molecule has 0 saturated carbocycles. The van der Waals surface area contributed by atoms with Crippen molar-refractivity contribution in [2.45, 2.75) is 19.8 Å². The second-order valence-electron chi connectivity index (χ2n) is 4.00. The van der Waals surface area contributed by atoms with Crippen molar-refractivity contribution in [3.63, 3.8) is 0 Å². The smallest absolute Gasteiger partial charge is 0.224 e. The molecule has 0 saturated heterocycles. The molecule has 0 aliphatic heterocycles. The Balaban J connectivity index is 1.81. The Labute approximate surface area is 111 Å². The van der Waals surface area contributed by atoms with Gasteiger partial charge < -0.3 is 10.6 Å². The summed E-state index contributed by atoms with van der Waals surface area (Å²) in [4.78, 5) is 8.57. The summed E-state index contributed by atoms with van der Waals surface area (Å²) < 4.78 is 0. The number of rotatable bonds is 7. The first-order valence-corrected chi connectivity index (χ1v) is 7.14. The molecule has 2 N–H and O–H groups in total. The summed E-state index contributed by atoms with van der Waals surface area (Å²) in [6.07, 6.45) is 3.86. The Hall–Kier alpha value is -1.62. The molecule has 0 amide bonds. The van der Waals surface area contributed by atoms with Gasteiger partial charge in [-0.15, -0.1) is 0 Å². The van der Waals surface area contributed by atoms with E-state index in [0.717, 1.165) is 31.7 Å². The van der Waals surface area contributed by atoms with Crippen LogP contribution in [0.4, 0.5) is 11.8 Å². The molecule has 0 aromatic carbocycles. The lowest BCUT2D eigenvalue weighted by molar-refractivity contribution is 0.947. The van der Waals surface area contributed by atoms with Gasteiger partial charge in [0.2, 0.25) is 5.95 Å². The van der Waals surface area contributed by atoms with Crippen molar-refractivity contribution < 1.29 is 0 Å². The fraction of sp³-hybridized carbons (Fsp3) is 0.385. The van der Waals surface area contributed by atoms with Gasteiger partial charge in [0.05, 0.1) is 0 Å². The van der Waals surface area contributed by atoms with Gasteiger partial charge in [-0.25, -0.2) is 4.98 Å². The normalized spacial score (nSPS) is 10.3. The van der Waals surface area contributed by atoms with E-state index >= 15 is 0 Å². The molecule has 5 heteroatoms. The van der Waals surface area contributed by atoms with Crippen LogP contribution in [0, 0.1) is 0 Å². The van der Waals surface area contributed by atoms with Crippen LogP contribution in [0.1, 0.15) is 18.9 Å². The van der Waals surface area contributed by atoms with Gasteiger partial charge in [-0.3, -0.25) is 0 Å². The van der Waals surface area contributed by atoms with Crippen molar-refractivity contribution in [1.82, 2.24) is 9.97 Å². The zero-order chi connectivity index (χ0) is 12.6. The molecule has 2 rings (SSSR count). The Bertz CT molecular complexity index is 456. The standard InChI is InChI=1S/C13H18N4S/c1-2-6-15-13-16-8-4-12(17-13)14-7-3-11-5-9-18-10-11/h4-5,8-10H,2-3,6-7H2,1H3,(H2,14,15,16,17). The number of nitrogens with zero attached hydrogens (tertiary/aromatic N) is 2.